The molecule has 3 nitrogen and oxygen atoms in total. The highest BCUT2D eigenvalue weighted by molar-refractivity contribution is 5.72. The van der Waals surface area contributed by atoms with Gasteiger partial charge in [-0.2, -0.15) is 26.3 Å². The van der Waals surface area contributed by atoms with Crippen LogP contribution in [0.2, 0.25) is 0 Å². The molecule has 1 aromatic carbocycles. The van der Waals surface area contributed by atoms with E-state index in [1.54, 1.807) is 6.92 Å². The Morgan fingerprint density at radius 3 is 1.77 bits per heavy atom. The van der Waals surface area contributed by atoms with Crippen molar-refractivity contribution in [3.63, 3.8) is 0 Å². The number of rotatable bonds is 5. The van der Waals surface area contributed by atoms with Crippen LogP contribution in [0.3, 0.4) is 0 Å². The molecular weight excluding hydrogens is 366 g/mol. The van der Waals surface area contributed by atoms with Crippen molar-refractivity contribution < 1.29 is 41.0 Å². The summed E-state index contributed by atoms with van der Waals surface area (Å²) >= 11 is 0. The molecule has 3 atom stereocenters. The van der Waals surface area contributed by atoms with Gasteiger partial charge in [0.2, 0.25) is 5.60 Å². The van der Waals surface area contributed by atoms with Gasteiger partial charge < -0.3 is 9.84 Å². The van der Waals surface area contributed by atoms with E-state index >= 15 is 0 Å². The number of aliphatic hydroxyl groups is 1. The van der Waals surface area contributed by atoms with Gasteiger partial charge >= 0.3 is 18.3 Å². The van der Waals surface area contributed by atoms with E-state index in [0.29, 0.717) is 13.8 Å². The number of halogens is 6. The maximum atomic E-state index is 13.5. The molecule has 0 bridgehead atoms. The maximum Gasteiger partial charge on any atom is 0.432 e. The molecule has 26 heavy (non-hydrogen) atoms. The van der Waals surface area contributed by atoms with E-state index < -0.39 is 46.6 Å². The van der Waals surface area contributed by atoms with Crippen LogP contribution in [-0.4, -0.2) is 23.4 Å². The van der Waals surface area contributed by atoms with Gasteiger partial charge in [0.15, 0.2) is 5.60 Å². The molecule has 1 rings (SSSR count). The molecule has 0 aliphatic heterocycles. The lowest BCUT2D eigenvalue weighted by Gasteiger charge is -2.33. The first-order valence-corrected chi connectivity index (χ1v) is 7.77. The Morgan fingerprint density at radius 1 is 1.00 bits per heavy atom. The van der Waals surface area contributed by atoms with Gasteiger partial charge in [0, 0.05) is 5.56 Å². The first kappa shape index (κ1) is 22.3. The van der Waals surface area contributed by atoms with E-state index in [2.05, 4.69) is 4.74 Å². The lowest BCUT2D eigenvalue weighted by atomic mass is 9.89. The highest BCUT2D eigenvalue weighted by Crippen LogP contribution is 2.44. The first-order valence-electron chi connectivity index (χ1n) is 7.77. The Labute approximate surface area is 147 Å². The molecule has 0 saturated carbocycles. The zero-order chi connectivity index (χ0) is 20.6. The summed E-state index contributed by atoms with van der Waals surface area (Å²) in [5.41, 5.74) is -7.45. The first-order chi connectivity index (χ1) is 11.6. The SMILES string of the molecule is CCC(C)C(=O)OC(C)(c1ccc(C(C)(O)C(F)(F)F)cc1)C(F)(F)F. The van der Waals surface area contributed by atoms with E-state index in [9.17, 15) is 36.2 Å². The van der Waals surface area contributed by atoms with Crippen molar-refractivity contribution >= 4 is 5.97 Å². The lowest BCUT2D eigenvalue weighted by molar-refractivity contribution is -0.271. The zero-order valence-electron chi connectivity index (χ0n) is 14.6. The standard InChI is InChI=1S/C17H20F6O3/c1-5-10(2)13(24)26-15(4,17(21,22)23)12-8-6-11(7-9-12)14(3,25)16(18,19)20/h6-10,25H,5H2,1-4H3. The van der Waals surface area contributed by atoms with Crippen LogP contribution in [0.15, 0.2) is 24.3 Å². The molecule has 9 heteroatoms. The molecule has 0 amide bonds. The van der Waals surface area contributed by atoms with Gasteiger partial charge in [0.1, 0.15) is 0 Å². The van der Waals surface area contributed by atoms with Crippen LogP contribution >= 0.6 is 0 Å². The summed E-state index contributed by atoms with van der Waals surface area (Å²) in [4.78, 5) is 11.9. The van der Waals surface area contributed by atoms with E-state index in [4.69, 9.17) is 0 Å². The summed E-state index contributed by atoms with van der Waals surface area (Å²) in [6, 6.07) is 2.97. The van der Waals surface area contributed by atoms with Crippen LogP contribution in [0, 0.1) is 5.92 Å². The second-order valence-corrected chi connectivity index (χ2v) is 6.41. The molecule has 0 saturated heterocycles. The number of hydrogen-bond donors (Lipinski definition) is 1. The van der Waals surface area contributed by atoms with E-state index in [-0.39, 0.29) is 6.42 Å². The van der Waals surface area contributed by atoms with Crippen molar-refractivity contribution in [2.45, 2.75) is 57.7 Å². The minimum absolute atomic E-state index is 0.264. The van der Waals surface area contributed by atoms with Crippen molar-refractivity contribution in [1.82, 2.24) is 0 Å². The average Bonchev–Trinajstić information content (AvgIpc) is 2.51. The molecule has 0 aromatic heterocycles. The summed E-state index contributed by atoms with van der Waals surface area (Å²) in [5, 5.41) is 9.59. The number of hydrogen-bond acceptors (Lipinski definition) is 3. The van der Waals surface area contributed by atoms with Crippen LogP contribution in [0.1, 0.15) is 45.2 Å². The summed E-state index contributed by atoms with van der Waals surface area (Å²) in [6.07, 6.45) is -9.74. The van der Waals surface area contributed by atoms with E-state index in [0.717, 1.165) is 24.3 Å². The molecule has 3 unspecified atom stereocenters. The van der Waals surface area contributed by atoms with Crippen molar-refractivity contribution in [2.75, 3.05) is 0 Å². The minimum Gasteiger partial charge on any atom is -0.444 e. The number of ether oxygens (including phenoxy) is 1. The topological polar surface area (TPSA) is 46.5 Å². The molecule has 0 aliphatic carbocycles. The summed E-state index contributed by atoms with van der Waals surface area (Å²) < 4.78 is 83.8. The molecule has 0 fully saturated rings. The second-order valence-electron chi connectivity index (χ2n) is 6.41. The van der Waals surface area contributed by atoms with Crippen molar-refractivity contribution in [2.24, 2.45) is 5.92 Å². The Hall–Kier alpha value is -1.77. The highest BCUT2D eigenvalue weighted by Gasteiger charge is 2.57. The third-order valence-corrected chi connectivity index (χ3v) is 4.41. The van der Waals surface area contributed by atoms with E-state index in [1.165, 1.54) is 6.92 Å². The van der Waals surface area contributed by atoms with Crippen molar-refractivity contribution in [1.29, 1.82) is 0 Å². The van der Waals surface area contributed by atoms with Gasteiger partial charge in [0.05, 0.1) is 5.92 Å². The fourth-order valence-electron chi connectivity index (χ4n) is 2.03. The van der Waals surface area contributed by atoms with Crippen LogP contribution < -0.4 is 0 Å². The molecule has 1 N–H and O–H groups in total. The van der Waals surface area contributed by atoms with Crippen LogP contribution in [0.5, 0.6) is 0 Å². The predicted octanol–water partition coefficient (Wildman–Crippen LogP) is 4.82. The molecule has 148 valence electrons. The summed E-state index contributed by atoms with van der Waals surface area (Å²) in [6.45, 7) is 4.13. The highest BCUT2D eigenvalue weighted by atomic mass is 19.4. The number of alkyl halides is 6. The molecular formula is C17H20F6O3. The van der Waals surface area contributed by atoms with Crippen LogP contribution in [0.25, 0.3) is 0 Å². The van der Waals surface area contributed by atoms with E-state index in [1.807, 2.05) is 0 Å². The van der Waals surface area contributed by atoms with Gasteiger partial charge in [-0.1, -0.05) is 38.1 Å². The number of carbonyl (C=O) groups excluding carboxylic acids is 1. The largest absolute Gasteiger partial charge is 0.444 e. The minimum atomic E-state index is -5.01. The average molecular weight is 386 g/mol. The molecule has 0 radical (unpaired) electrons. The normalized spacial score (nSPS) is 18.6. The monoisotopic (exact) mass is 386 g/mol. The number of carbonyl (C=O) groups is 1. The molecule has 1 aromatic rings. The Morgan fingerprint density at radius 2 is 1.42 bits per heavy atom. The lowest BCUT2D eigenvalue weighted by Crippen LogP contribution is -2.45. The zero-order valence-corrected chi connectivity index (χ0v) is 14.6. The van der Waals surface area contributed by atoms with Gasteiger partial charge in [-0.05, 0) is 25.8 Å². The Balaban J connectivity index is 3.32. The quantitative estimate of drug-likeness (QED) is 0.583. The third-order valence-electron chi connectivity index (χ3n) is 4.41. The fourth-order valence-corrected chi connectivity index (χ4v) is 2.03. The third kappa shape index (κ3) is 4.13. The van der Waals surface area contributed by atoms with Gasteiger partial charge in [-0.15, -0.1) is 0 Å². The van der Waals surface area contributed by atoms with Crippen molar-refractivity contribution in [3.8, 4) is 0 Å². The molecule has 0 spiro atoms. The molecule has 0 aliphatic rings. The van der Waals surface area contributed by atoms with Gasteiger partial charge in [0.25, 0.3) is 0 Å². The smallest absolute Gasteiger partial charge is 0.432 e. The number of benzene rings is 1. The Kier molecular flexibility index (Phi) is 6.08. The van der Waals surface area contributed by atoms with Gasteiger partial charge in [-0.25, -0.2) is 0 Å². The molecule has 0 heterocycles. The summed E-state index contributed by atoms with van der Waals surface area (Å²) in [5.74, 6) is -1.85. The second kappa shape index (κ2) is 7.09. The fraction of sp³-hybridized carbons (Fsp3) is 0.588. The Bertz CT molecular complexity index is 633. The van der Waals surface area contributed by atoms with Gasteiger partial charge in [-0.3, -0.25) is 4.79 Å². The number of esters is 1. The summed E-state index contributed by atoms with van der Waals surface area (Å²) in [7, 11) is 0. The maximum absolute atomic E-state index is 13.5. The predicted molar refractivity (Wildman–Crippen MR) is 81.0 cm³/mol. The van der Waals surface area contributed by atoms with Crippen LogP contribution in [0.4, 0.5) is 26.3 Å². The van der Waals surface area contributed by atoms with Crippen molar-refractivity contribution in [3.05, 3.63) is 35.4 Å². The van der Waals surface area contributed by atoms with Crippen LogP contribution in [-0.2, 0) is 20.7 Å².